The summed E-state index contributed by atoms with van der Waals surface area (Å²) in [5, 5.41) is 14.3. The Morgan fingerprint density at radius 1 is 1.20 bits per heavy atom. The second-order valence-corrected chi connectivity index (χ2v) is 8.78. The van der Waals surface area contributed by atoms with Gasteiger partial charge in [-0.1, -0.05) is 11.6 Å². The molecule has 6 heteroatoms. The number of nitrogens with zero attached hydrogens (tertiary/aromatic N) is 1. The monoisotopic (exact) mass is 362 g/mol. The molecule has 4 aliphatic carbocycles. The van der Waals surface area contributed by atoms with E-state index in [1.807, 2.05) is 0 Å². The molecule has 1 amide bonds. The van der Waals surface area contributed by atoms with Gasteiger partial charge < -0.3 is 5.32 Å². The Bertz CT molecular complexity index is 683. The third-order valence-electron chi connectivity index (χ3n) is 6.51. The number of rotatable bonds is 5. The fraction of sp³-hybridized carbons (Fsp3) is 0.632. The lowest BCUT2D eigenvalue weighted by Crippen LogP contribution is -2.47. The predicted octanol–water partition coefficient (Wildman–Crippen LogP) is 4.58. The van der Waals surface area contributed by atoms with E-state index in [0.717, 1.165) is 24.2 Å². The van der Waals surface area contributed by atoms with Crippen molar-refractivity contribution in [1.82, 2.24) is 5.32 Å². The van der Waals surface area contributed by atoms with Crippen LogP contribution in [-0.2, 0) is 0 Å². The Hall–Kier alpha value is -1.62. The number of amides is 1. The summed E-state index contributed by atoms with van der Waals surface area (Å²) >= 11 is 5.91. The van der Waals surface area contributed by atoms with Gasteiger partial charge in [0.2, 0.25) is 0 Å². The summed E-state index contributed by atoms with van der Waals surface area (Å²) in [6, 6.07) is 4.10. The minimum Gasteiger partial charge on any atom is -0.352 e. The summed E-state index contributed by atoms with van der Waals surface area (Å²) in [6.45, 7) is 0.578. The van der Waals surface area contributed by atoms with Crippen molar-refractivity contribution in [2.75, 3.05) is 6.54 Å². The van der Waals surface area contributed by atoms with E-state index in [2.05, 4.69) is 5.32 Å². The number of carbonyl (C=O) groups is 1. The first-order valence-electron chi connectivity index (χ1n) is 9.16. The van der Waals surface area contributed by atoms with Gasteiger partial charge in [0.1, 0.15) is 5.56 Å². The molecule has 4 bridgehead atoms. The van der Waals surface area contributed by atoms with Crippen LogP contribution in [-0.4, -0.2) is 17.4 Å². The summed E-state index contributed by atoms with van der Waals surface area (Å²) in [5.74, 6) is 2.25. The molecule has 0 saturated heterocycles. The largest absolute Gasteiger partial charge is 0.352 e. The molecule has 25 heavy (non-hydrogen) atoms. The molecule has 0 radical (unpaired) electrons. The summed E-state index contributed by atoms with van der Waals surface area (Å²) in [4.78, 5) is 23.0. The molecule has 0 atom stereocenters. The van der Waals surface area contributed by atoms with E-state index in [1.165, 1.54) is 56.7 Å². The highest BCUT2D eigenvalue weighted by Crippen LogP contribution is 2.61. The van der Waals surface area contributed by atoms with Gasteiger partial charge in [-0.2, -0.15) is 0 Å². The number of halogens is 1. The zero-order valence-electron chi connectivity index (χ0n) is 14.2. The third kappa shape index (κ3) is 3.26. The second-order valence-electron chi connectivity index (χ2n) is 8.34. The molecule has 5 rings (SSSR count). The lowest BCUT2D eigenvalue weighted by Gasteiger charge is -2.57. The fourth-order valence-electron chi connectivity index (χ4n) is 5.98. The molecule has 5 nitrogen and oxygen atoms in total. The molecule has 4 fully saturated rings. The van der Waals surface area contributed by atoms with Crippen molar-refractivity contribution in [3.63, 3.8) is 0 Å². The topological polar surface area (TPSA) is 72.2 Å². The molecule has 4 aliphatic rings. The molecule has 0 aliphatic heterocycles. The third-order valence-corrected chi connectivity index (χ3v) is 6.74. The molecule has 0 heterocycles. The number of hydrogen-bond donors (Lipinski definition) is 1. The second kappa shape index (κ2) is 6.27. The van der Waals surface area contributed by atoms with Crippen molar-refractivity contribution < 1.29 is 9.72 Å². The normalized spacial score (nSPS) is 32.6. The Labute approximate surface area is 152 Å². The van der Waals surface area contributed by atoms with Crippen LogP contribution >= 0.6 is 11.6 Å². The van der Waals surface area contributed by atoms with Gasteiger partial charge in [0.05, 0.1) is 4.92 Å². The number of hydrogen-bond acceptors (Lipinski definition) is 3. The number of benzene rings is 1. The summed E-state index contributed by atoms with van der Waals surface area (Å²) in [5.41, 5.74) is 0.238. The molecule has 0 spiro atoms. The first-order valence-corrected chi connectivity index (χ1v) is 9.54. The molecule has 0 aromatic heterocycles. The molecule has 1 N–H and O–H groups in total. The van der Waals surface area contributed by atoms with Crippen LogP contribution in [0.5, 0.6) is 0 Å². The number of carbonyl (C=O) groups excluding carboxylic acids is 1. The van der Waals surface area contributed by atoms with Crippen molar-refractivity contribution in [1.29, 1.82) is 0 Å². The maximum atomic E-state index is 12.4. The van der Waals surface area contributed by atoms with Crippen LogP contribution in [0.1, 0.15) is 55.3 Å². The van der Waals surface area contributed by atoms with Crippen molar-refractivity contribution >= 4 is 23.2 Å². The van der Waals surface area contributed by atoms with Crippen LogP contribution in [0.4, 0.5) is 5.69 Å². The van der Waals surface area contributed by atoms with E-state index >= 15 is 0 Å². The van der Waals surface area contributed by atoms with E-state index < -0.39 is 10.8 Å². The number of nitro groups is 1. The Morgan fingerprint density at radius 2 is 1.80 bits per heavy atom. The molecular weight excluding hydrogens is 340 g/mol. The van der Waals surface area contributed by atoms with Gasteiger partial charge in [0, 0.05) is 17.6 Å². The predicted molar refractivity (Wildman–Crippen MR) is 95.7 cm³/mol. The van der Waals surface area contributed by atoms with Crippen LogP contribution in [0, 0.1) is 33.3 Å². The quantitative estimate of drug-likeness (QED) is 0.615. The smallest absolute Gasteiger partial charge is 0.282 e. The fourth-order valence-corrected chi connectivity index (χ4v) is 6.15. The SMILES string of the molecule is O=C(NCCC12CC3CC(CC(C3)C1)C2)c1cc(Cl)ccc1[N+](=O)[O-]. The van der Waals surface area contributed by atoms with E-state index in [1.54, 1.807) is 0 Å². The van der Waals surface area contributed by atoms with E-state index in [9.17, 15) is 14.9 Å². The summed E-state index contributed by atoms with van der Waals surface area (Å²) in [6.07, 6.45) is 9.09. The maximum Gasteiger partial charge on any atom is 0.282 e. The lowest BCUT2D eigenvalue weighted by molar-refractivity contribution is -0.385. The average Bonchev–Trinajstić information content (AvgIpc) is 2.52. The zero-order valence-corrected chi connectivity index (χ0v) is 14.9. The molecule has 4 saturated carbocycles. The standard InChI is InChI=1S/C19H23ClN2O3/c20-15-1-2-17(22(24)25)16(8-15)18(23)21-4-3-19-9-12-5-13(10-19)7-14(6-12)11-19/h1-2,8,12-14H,3-7,9-11H2,(H,21,23). The molecule has 0 unspecified atom stereocenters. The molecule has 1 aromatic rings. The molecule has 134 valence electrons. The average molecular weight is 363 g/mol. The van der Waals surface area contributed by atoms with Crippen molar-refractivity contribution in [2.45, 2.75) is 44.9 Å². The summed E-state index contributed by atoms with van der Waals surface area (Å²) in [7, 11) is 0. The Balaban J connectivity index is 1.40. The summed E-state index contributed by atoms with van der Waals surface area (Å²) < 4.78 is 0. The Morgan fingerprint density at radius 3 is 2.36 bits per heavy atom. The van der Waals surface area contributed by atoms with E-state index in [4.69, 9.17) is 11.6 Å². The Kier molecular flexibility index (Phi) is 4.22. The van der Waals surface area contributed by atoms with Crippen LogP contribution in [0.15, 0.2) is 18.2 Å². The van der Waals surface area contributed by atoms with E-state index in [0.29, 0.717) is 17.0 Å². The van der Waals surface area contributed by atoms with E-state index in [-0.39, 0.29) is 11.3 Å². The molecule has 1 aromatic carbocycles. The van der Waals surface area contributed by atoms with Crippen LogP contribution in [0.3, 0.4) is 0 Å². The van der Waals surface area contributed by atoms with Crippen LogP contribution < -0.4 is 5.32 Å². The van der Waals surface area contributed by atoms with Gasteiger partial charge >= 0.3 is 0 Å². The van der Waals surface area contributed by atoms with Gasteiger partial charge in [-0.05, 0) is 80.2 Å². The number of nitrogens with one attached hydrogen (secondary N) is 1. The first-order chi connectivity index (χ1) is 11.9. The van der Waals surface area contributed by atoms with Gasteiger partial charge in [0.15, 0.2) is 0 Å². The minimum atomic E-state index is -0.537. The highest BCUT2D eigenvalue weighted by atomic mass is 35.5. The van der Waals surface area contributed by atoms with Crippen molar-refractivity contribution in [3.8, 4) is 0 Å². The van der Waals surface area contributed by atoms with Crippen molar-refractivity contribution in [2.24, 2.45) is 23.2 Å². The lowest BCUT2D eigenvalue weighted by atomic mass is 9.49. The van der Waals surface area contributed by atoms with Crippen LogP contribution in [0.2, 0.25) is 5.02 Å². The zero-order chi connectivity index (χ0) is 17.6. The van der Waals surface area contributed by atoms with Gasteiger partial charge in [-0.15, -0.1) is 0 Å². The highest BCUT2D eigenvalue weighted by Gasteiger charge is 2.50. The molecular formula is C19H23ClN2O3. The number of nitro benzene ring substituents is 1. The van der Waals surface area contributed by atoms with Gasteiger partial charge in [-0.3, -0.25) is 14.9 Å². The van der Waals surface area contributed by atoms with Crippen molar-refractivity contribution in [3.05, 3.63) is 38.9 Å². The van der Waals surface area contributed by atoms with Gasteiger partial charge in [0.25, 0.3) is 11.6 Å². The highest BCUT2D eigenvalue weighted by molar-refractivity contribution is 6.31. The maximum absolute atomic E-state index is 12.4. The first kappa shape index (κ1) is 16.8. The minimum absolute atomic E-state index is 0.0445. The van der Waals surface area contributed by atoms with Crippen LogP contribution in [0.25, 0.3) is 0 Å². The van der Waals surface area contributed by atoms with Gasteiger partial charge in [-0.25, -0.2) is 0 Å².